The van der Waals surface area contributed by atoms with Gasteiger partial charge in [-0.05, 0) is 26.0 Å². The number of benzene rings is 3. The Balaban J connectivity index is 1.44. The number of nitriles is 1. The quantitative estimate of drug-likeness (QED) is 0.180. The summed E-state index contributed by atoms with van der Waals surface area (Å²) >= 11 is 0. The Labute approximate surface area is 281 Å². The summed E-state index contributed by atoms with van der Waals surface area (Å²) < 4.78 is 23.3. The van der Waals surface area contributed by atoms with Crippen molar-refractivity contribution in [3.63, 3.8) is 0 Å². The molecule has 0 spiro atoms. The number of amides is 2. The number of allylic oxidation sites excluding steroid dienone is 1. The van der Waals surface area contributed by atoms with Gasteiger partial charge in [-0.15, -0.1) is 0 Å². The lowest BCUT2D eigenvalue weighted by Crippen LogP contribution is -2.60. The summed E-state index contributed by atoms with van der Waals surface area (Å²) in [5.74, 6) is -0.605. The van der Waals surface area contributed by atoms with Gasteiger partial charge in [0.15, 0.2) is 23.0 Å². The van der Waals surface area contributed by atoms with Crippen LogP contribution in [0, 0.1) is 25.2 Å². The van der Waals surface area contributed by atoms with E-state index in [2.05, 4.69) is 6.07 Å². The average Bonchev–Trinajstić information content (AvgIpc) is 3.66. The summed E-state index contributed by atoms with van der Waals surface area (Å²) in [4.78, 5) is 45.1. The number of aromatic hydroxyl groups is 2. The largest absolute Gasteiger partial charge is 0.507 e. The molecule has 3 aromatic rings. The number of nitrogens with zero attached hydrogens (tertiary/aromatic N) is 4. The lowest BCUT2D eigenvalue weighted by molar-refractivity contribution is -0.132. The van der Waals surface area contributed by atoms with E-state index in [-0.39, 0.29) is 60.3 Å². The third kappa shape index (κ3) is 3.94. The number of ether oxygens (including phenoxy) is 4. The van der Waals surface area contributed by atoms with Gasteiger partial charge in [-0.25, -0.2) is 0 Å². The van der Waals surface area contributed by atoms with Gasteiger partial charge in [0.25, 0.3) is 11.8 Å². The zero-order chi connectivity index (χ0) is 34.6. The lowest BCUT2D eigenvalue weighted by atomic mass is 9.77. The van der Waals surface area contributed by atoms with E-state index in [1.54, 1.807) is 38.1 Å². The number of fused-ring (bicyclic) bond motifs is 9. The number of carbonyl (C=O) groups is 3. The molecule has 2 N–H and O–H groups in total. The molecule has 5 aliphatic rings. The first-order valence-corrected chi connectivity index (χ1v) is 15.8. The first kappa shape index (κ1) is 30.4. The number of phenols is 2. The zero-order valence-corrected chi connectivity index (χ0v) is 27.4. The lowest BCUT2D eigenvalue weighted by Gasteiger charge is -2.55. The predicted octanol–water partition coefficient (Wildman–Crippen LogP) is 3.70. The molecular formula is C36H32N4O9. The van der Waals surface area contributed by atoms with Crippen molar-refractivity contribution in [2.75, 3.05) is 27.5 Å². The van der Waals surface area contributed by atoms with E-state index in [1.165, 1.54) is 18.9 Å². The Morgan fingerprint density at radius 2 is 1.69 bits per heavy atom. The van der Waals surface area contributed by atoms with Crippen LogP contribution in [0.3, 0.4) is 0 Å². The van der Waals surface area contributed by atoms with E-state index in [0.717, 1.165) is 0 Å². The summed E-state index contributed by atoms with van der Waals surface area (Å²) in [6, 6.07) is 6.84. The Bertz CT molecular complexity index is 2100. The first-order valence-electron chi connectivity index (χ1n) is 15.8. The van der Waals surface area contributed by atoms with E-state index >= 15 is 0 Å². The summed E-state index contributed by atoms with van der Waals surface area (Å²) in [6.45, 7) is 4.42. The minimum absolute atomic E-state index is 0.0374. The van der Waals surface area contributed by atoms with Crippen LogP contribution in [-0.2, 0) is 17.6 Å². The van der Waals surface area contributed by atoms with Gasteiger partial charge in [-0.3, -0.25) is 19.3 Å². The molecule has 0 saturated heterocycles. The van der Waals surface area contributed by atoms with Crippen molar-refractivity contribution in [3.8, 4) is 40.6 Å². The number of hydrogen-bond donors (Lipinski definition) is 2. The fourth-order valence-corrected chi connectivity index (χ4v) is 8.35. The molecule has 3 atom stereocenters. The average molecular weight is 665 g/mol. The first-order chi connectivity index (χ1) is 23.5. The van der Waals surface area contributed by atoms with Crippen LogP contribution >= 0.6 is 0 Å². The van der Waals surface area contributed by atoms with Gasteiger partial charge in [0.2, 0.25) is 6.79 Å². The number of rotatable bonds is 4. The molecule has 250 valence electrons. The molecule has 13 nitrogen and oxygen atoms in total. The third-order valence-corrected chi connectivity index (χ3v) is 10.5. The summed E-state index contributed by atoms with van der Waals surface area (Å²) in [6.07, 6.45) is 0.312. The Morgan fingerprint density at radius 3 is 2.33 bits per heavy atom. The minimum Gasteiger partial charge on any atom is -0.507 e. The van der Waals surface area contributed by atoms with Crippen molar-refractivity contribution < 1.29 is 43.5 Å². The Kier molecular flexibility index (Phi) is 6.55. The predicted molar refractivity (Wildman–Crippen MR) is 171 cm³/mol. The van der Waals surface area contributed by atoms with Crippen molar-refractivity contribution in [3.05, 3.63) is 74.5 Å². The number of phenolic OH excluding ortho intramolecular Hbond substituents is 2. The third-order valence-electron chi connectivity index (χ3n) is 10.5. The number of likely N-dealkylation sites (N-methyl/N-ethyl adjacent to an activating group) is 1. The molecule has 3 aromatic carbocycles. The SMILES string of the molecule is COc1c(C)c(O)c2c(c1O)C1=C3Cc4c(OC(C)=O)c(C)c5c(c4[C@H](CN4C(=O)c6ccccc6C4=O)N3[C@@H](C#N)[C@H](C2)N1C)OCO5. The molecule has 0 aliphatic carbocycles. The second kappa shape index (κ2) is 10.6. The summed E-state index contributed by atoms with van der Waals surface area (Å²) in [7, 11) is 3.23. The smallest absolute Gasteiger partial charge is 0.308 e. The van der Waals surface area contributed by atoms with E-state index in [1.807, 2.05) is 16.8 Å². The maximum absolute atomic E-state index is 13.8. The van der Waals surface area contributed by atoms with Crippen LogP contribution in [0.25, 0.3) is 5.70 Å². The maximum Gasteiger partial charge on any atom is 0.308 e. The van der Waals surface area contributed by atoms with E-state index < -0.39 is 35.9 Å². The molecule has 0 saturated carbocycles. The second-order valence-electron chi connectivity index (χ2n) is 12.8. The molecule has 2 amide bonds. The molecular weight excluding hydrogens is 632 g/mol. The molecule has 0 aromatic heterocycles. The maximum atomic E-state index is 13.8. The van der Waals surface area contributed by atoms with Gasteiger partial charge >= 0.3 is 5.97 Å². The molecule has 49 heavy (non-hydrogen) atoms. The van der Waals surface area contributed by atoms with Crippen LogP contribution in [0.1, 0.15) is 67.1 Å². The van der Waals surface area contributed by atoms with Crippen molar-refractivity contribution in [1.29, 1.82) is 5.26 Å². The molecule has 0 fully saturated rings. The van der Waals surface area contributed by atoms with Crippen molar-refractivity contribution >= 4 is 23.5 Å². The number of hydrogen-bond acceptors (Lipinski definition) is 12. The minimum atomic E-state index is -0.869. The van der Waals surface area contributed by atoms with Crippen LogP contribution < -0.4 is 18.9 Å². The highest BCUT2D eigenvalue weighted by atomic mass is 16.7. The highest BCUT2D eigenvalue weighted by Gasteiger charge is 2.53. The van der Waals surface area contributed by atoms with E-state index in [4.69, 9.17) is 18.9 Å². The van der Waals surface area contributed by atoms with Crippen LogP contribution in [-0.4, -0.2) is 82.3 Å². The molecule has 13 heteroatoms. The second-order valence-corrected chi connectivity index (χ2v) is 12.8. The Morgan fingerprint density at radius 1 is 1.02 bits per heavy atom. The van der Waals surface area contributed by atoms with E-state index in [0.29, 0.717) is 56.3 Å². The van der Waals surface area contributed by atoms with Gasteiger partial charge in [0.1, 0.15) is 17.5 Å². The fourth-order valence-electron chi connectivity index (χ4n) is 8.35. The Hall–Kier alpha value is -5.90. The molecule has 8 rings (SSSR count). The highest BCUT2D eigenvalue weighted by molar-refractivity contribution is 6.21. The van der Waals surface area contributed by atoms with Gasteiger partial charge in [-0.1, -0.05) is 12.1 Å². The zero-order valence-electron chi connectivity index (χ0n) is 27.4. The van der Waals surface area contributed by atoms with Crippen LogP contribution in [0.4, 0.5) is 0 Å². The van der Waals surface area contributed by atoms with Gasteiger partial charge < -0.3 is 39.0 Å². The van der Waals surface area contributed by atoms with Gasteiger partial charge in [0.05, 0.1) is 54.2 Å². The van der Waals surface area contributed by atoms with Crippen LogP contribution in [0.5, 0.6) is 34.5 Å². The van der Waals surface area contributed by atoms with Crippen molar-refractivity contribution in [2.45, 2.75) is 51.7 Å². The molecule has 2 bridgehead atoms. The fraction of sp³-hybridized carbons (Fsp3) is 0.333. The topological polar surface area (TPSA) is 162 Å². The number of esters is 1. The van der Waals surface area contributed by atoms with Gasteiger partial charge in [-0.2, -0.15) is 5.26 Å². The van der Waals surface area contributed by atoms with E-state index in [9.17, 15) is 29.9 Å². The van der Waals surface area contributed by atoms with Crippen molar-refractivity contribution in [2.24, 2.45) is 0 Å². The van der Waals surface area contributed by atoms with Gasteiger partial charge in [0, 0.05) is 60.3 Å². The normalized spacial score (nSPS) is 21.2. The number of methoxy groups -OCH3 is 1. The summed E-state index contributed by atoms with van der Waals surface area (Å²) in [5.41, 5.74) is 4.47. The number of imide groups is 1. The number of carbonyl (C=O) groups excluding carboxylic acids is 3. The molecule has 0 radical (unpaired) electrons. The molecule has 5 heterocycles. The highest BCUT2D eigenvalue weighted by Crippen LogP contribution is 2.59. The molecule has 5 aliphatic heterocycles. The summed E-state index contributed by atoms with van der Waals surface area (Å²) in [5, 5.41) is 34.0. The van der Waals surface area contributed by atoms with Crippen molar-refractivity contribution in [1.82, 2.24) is 14.7 Å². The van der Waals surface area contributed by atoms with Crippen LogP contribution in [0.15, 0.2) is 30.0 Å². The van der Waals surface area contributed by atoms with Crippen LogP contribution in [0.2, 0.25) is 0 Å². The standard InChI is InChI=1S/C36H32N4O9/c1-15-29(42)20-10-22-24(12-37)40-23(28(38(22)4)27(20)30(43)32(15)46-5)11-21-26(34-33(47-14-48-34)16(2)31(21)49-17(3)41)25(40)13-39-35(44)18-8-6-7-9-19(18)36(39)45/h6-9,22,24-25,42-43H,10-11,13-14H2,1-5H3/t22-,24-,25-/m0/s1. The molecule has 0 unspecified atom stereocenters. The monoisotopic (exact) mass is 664 g/mol.